The van der Waals surface area contributed by atoms with Gasteiger partial charge < -0.3 is 26.4 Å². The summed E-state index contributed by atoms with van der Waals surface area (Å²) < 4.78 is 6.10. The second-order valence-electron chi connectivity index (χ2n) is 11.4. The van der Waals surface area contributed by atoms with Crippen molar-refractivity contribution in [2.75, 3.05) is 0 Å². The average molecular weight is 442 g/mol. The molecule has 2 aliphatic heterocycles. The summed E-state index contributed by atoms with van der Waals surface area (Å²) in [5, 5.41) is 13.1. The molecule has 5 saturated carbocycles. The Labute approximate surface area is 187 Å². The minimum Gasteiger partial charge on any atom is -0.458 e. The molecule has 4 bridgehead atoms. The first-order valence-electron chi connectivity index (χ1n) is 12.0. The van der Waals surface area contributed by atoms with Gasteiger partial charge in [-0.25, -0.2) is 0 Å². The number of nitrogens with one attached hydrogen (secondary N) is 1. The third-order valence-electron chi connectivity index (χ3n) is 9.34. The molecule has 2 amide bonds. The Morgan fingerprint density at radius 2 is 2.00 bits per heavy atom. The van der Waals surface area contributed by atoms with Crippen LogP contribution in [0.4, 0.5) is 0 Å². The maximum Gasteiger partial charge on any atom is 0.323 e. The van der Waals surface area contributed by atoms with Crippen LogP contribution in [0.3, 0.4) is 0 Å². The van der Waals surface area contributed by atoms with Crippen LogP contribution in [0.25, 0.3) is 0 Å². The zero-order valence-electron chi connectivity index (χ0n) is 18.2. The van der Waals surface area contributed by atoms with Crippen molar-refractivity contribution in [1.82, 2.24) is 10.2 Å². The number of nitrogens with zero attached hydrogens (tertiary/aromatic N) is 2. The van der Waals surface area contributed by atoms with E-state index in [0.29, 0.717) is 24.2 Å². The summed E-state index contributed by atoms with van der Waals surface area (Å²) >= 11 is 0. The lowest BCUT2D eigenvalue weighted by molar-refractivity contribution is -0.243. The van der Waals surface area contributed by atoms with Gasteiger partial charge in [0, 0.05) is 23.9 Å². The molecule has 9 heteroatoms. The number of carbonyl (C=O) groups is 3. The van der Waals surface area contributed by atoms with Gasteiger partial charge in [0.1, 0.15) is 17.7 Å². The molecule has 7 aliphatic rings. The normalized spacial score (nSPS) is 47.6. The van der Waals surface area contributed by atoms with Crippen molar-refractivity contribution in [1.29, 1.82) is 5.26 Å². The van der Waals surface area contributed by atoms with Gasteiger partial charge in [0.15, 0.2) is 0 Å². The molecule has 7 fully saturated rings. The van der Waals surface area contributed by atoms with E-state index in [1.165, 1.54) is 0 Å². The fourth-order valence-electron chi connectivity index (χ4n) is 8.28. The second-order valence-corrected chi connectivity index (χ2v) is 11.4. The van der Waals surface area contributed by atoms with E-state index in [2.05, 4.69) is 11.4 Å². The van der Waals surface area contributed by atoms with Crippen LogP contribution in [0, 0.1) is 34.5 Å². The Morgan fingerprint density at radius 3 is 2.75 bits per heavy atom. The monoisotopic (exact) mass is 441 g/mol. The molecule has 2 saturated heterocycles. The molecule has 5 N–H and O–H groups in total. The highest BCUT2D eigenvalue weighted by Gasteiger charge is 2.73. The smallest absolute Gasteiger partial charge is 0.323 e. The zero-order chi connectivity index (χ0) is 22.4. The number of primary amides is 1. The number of amides is 2. The molecule has 172 valence electrons. The number of esters is 1. The van der Waals surface area contributed by atoms with Crippen molar-refractivity contribution in [2.45, 2.75) is 93.6 Å². The lowest BCUT2D eigenvalue weighted by atomic mass is 9.40. The van der Waals surface area contributed by atoms with Crippen LogP contribution in [0.5, 0.6) is 0 Å². The van der Waals surface area contributed by atoms with E-state index >= 15 is 0 Å². The topological polar surface area (TPSA) is 152 Å². The molecule has 0 aromatic rings. The van der Waals surface area contributed by atoms with Crippen molar-refractivity contribution >= 4 is 17.8 Å². The van der Waals surface area contributed by atoms with Crippen LogP contribution >= 0.6 is 0 Å². The number of hydrogen-bond acceptors (Lipinski definition) is 7. The number of ether oxygens (including phenoxy) is 1. The molecule has 10 unspecified atom stereocenters. The lowest BCUT2D eigenvalue weighted by Crippen LogP contribution is -2.83. The van der Waals surface area contributed by atoms with E-state index in [1.807, 2.05) is 4.90 Å². The highest BCUT2D eigenvalue weighted by Crippen LogP contribution is 2.67. The highest BCUT2D eigenvalue weighted by molar-refractivity contribution is 5.86. The van der Waals surface area contributed by atoms with E-state index < -0.39 is 23.5 Å². The Kier molecular flexibility index (Phi) is 4.26. The van der Waals surface area contributed by atoms with Crippen molar-refractivity contribution in [3.05, 3.63) is 0 Å². The van der Waals surface area contributed by atoms with Crippen molar-refractivity contribution < 1.29 is 19.1 Å². The number of fused-ring (bicyclic) bond motifs is 1. The van der Waals surface area contributed by atoms with Gasteiger partial charge in [-0.15, -0.1) is 0 Å². The molecule has 0 aromatic carbocycles. The summed E-state index contributed by atoms with van der Waals surface area (Å²) in [6.07, 6.45) is 6.42. The largest absolute Gasteiger partial charge is 0.458 e. The molecule has 1 spiro atoms. The molecule has 9 nitrogen and oxygen atoms in total. The summed E-state index contributed by atoms with van der Waals surface area (Å²) in [4.78, 5) is 39.3. The third kappa shape index (κ3) is 2.78. The van der Waals surface area contributed by atoms with E-state index in [0.717, 1.165) is 38.5 Å². The lowest BCUT2D eigenvalue weighted by Gasteiger charge is -2.72. The first-order valence-corrected chi connectivity index (χ1v) is 12.0. The van der Waals surface area contributed by atoms with Crippen molar-refractivity contribution in [3.8, 4) is 6.07 Å². The van der Waals surface area contributed by atoms with Crippen molar-refractivity contribution in [2.24, 2.45) is 34.6 Å². The Balaban J connectivity index is 1.21. The Bertz CT molecular complexity index is 934. The standard InChI is InChI=1S/C23H31N5O4/c24-9-14-4-12-5-16(12)28(14)20(30)19-23-7-11-3-13(18(23)27-19)8-22(6-11,10-23)32-21(31)15(25)1-2-17(26)29/h11-16,18-19,27H,1-8,10,25H2,(H2,26,29). The Hall–Kier alpha value is -2.18. The van der Waals surface area contributed by atoms with Crippen LogP contribution in [-0.2, 0) is 19.1 Å². The van der Waals surface area contributed by atoms with Gasteiger partial charge in [-0.1, -0.05) is 0 Å². The van der Waals surface area contributed by atoms with Crippen LogP contribution in [0.2, 0.25) is 0 Å². The molecule has 0 radical (unpaired) electrons. The van der Waals surface area contributed by atoms with Crippen LogP contribution in [-0.4, -0.2) is 58.5 Å². The predicted molar refractivity (Wildman–Crippen MR) is 111 cm³/mol. The summed E-state index contributed by atoms with van der Waals surface area (Å²) in [6.45, 7) is 0. The SMILES string of the molecule is N#CC1CC2CC2N1C(=O)C1NC2C3CC4CC(OC(=O)C(N)CCC(N)=O)(C3)CC12C4. The fraction of sp³-hybridized carbons (Fsp3) is 0.826. The maximum atomic E-state index is 13.6. The fourth-order valence-corrected chi connectivity index (χ4v) is 8.28. The first-order chi connectivity index (χ1) is 15.2. The average Bonchev–Trinajstić information content (AvgIpc) is 3.38. The van der Waals surface area contributed by atoms with E-state index in [4.69, 9.17) is 16.2 Å². The molecular formula is C23H31N5O4. The molecule has 2 heterocycles. The maximum absolute atomic E-state index is 13.6. The summed E-state index contributed by atoms with van der Waals surface area (Å²) in [5.74, 6) is 0.423. The minimum absolute atomic E-state index is 0.0546. The summed E-state index contributed by atoms with van der Waals surface area (Å²) in [6, 6.07) is 1.37. The van der Waals surface area contributed by atoms with Gasteiger partial charge in [0.2, 0.25) is 11.8 Å². The highest BCUT2D eigenvalue weighted by atomic mass is 16.6. The quantitative estimate of drug-likeness (QED) is 0.488. The molecular weight excluding hydrogens is 410 g/mol. The van der Waals surface area contributed by atoms with Gasteiger partial charge in [-0.05, 0) is 69.1 Å². The number of rotatable bonds is 6. The van der Waals surface area contributed by atoms with Crippen LogP contribution < -0.4 is 16.8 Å². The number of piperidine rings is 1. The zero-order valence-corrected chi connectivity index (χ0v) is 18.2. The van der Waals surface area contributed by atoms with Crippen LogP contribution in [0.15, 0.2) is 0 Å². The van der Waals surface area contributed by atoms with Crippen LogP contribution in [0.1, 0.15) is 57.8 Å². The number of nitriles is 1. The number of hydrogen-bond donors (Lipinski definition) is 3. The Morgan fingerprint density at radius 1 is 1.19 bits per heavy atom. The summed E-state index contributed by atoms with van der Waals surface area (Å²) in [5.41, 5.74) is 10.4. The van der Waals surface area contributed by atoms with Gasteiger partial charge in [-0.3, -0.25) is 14.4 Å². The summed E-state index contributed by atoms with van der Waals surface area (Å²) in [7, 11) is 0. The van der Waals surface area contributed by atoms with Gasteiger partial charge in [0.25, 0.3) is 0 Å². The van der Waals surface area contributed by atoms with Gasteiger partial charge in [0.05, 0.1) is 12.1 Å². The number of nitrogens with two attached hydrogens (primary N) is 2. The van der Waals surface area contributed by atoms with Crippen molar-refractivity contribution in [3.63, 3.8) is 0 Å². The third-order valence-corrected chi connectivity index (χ3v) is 9.34. The van der Waals surface area contributed by atoms with E-state index in [1.54, 1.807) is 0 Å². The first kappa shape index (κ1) is 20.4. The van der Waals surface area contributed by atoms with E-state index in [9.17, 15) is 19.6 Å². The molecule has 10 atom stereocenters. The van der Waals surface area contributed by atoms with Gasteiger partial charge in [-0.2, -0.15) is 5.26 Å². The van der Waals surface area contributed by atoms with E-state index in [-0.39, 0.29) is 48.3 Å². The number of carbonyl (C=O) groups excluding carboxylic acids is 3. The predicted octanol–water partition coefficient (Wildman–Crippen LogP) is -0.0753. The molecule has 7 rings (SSSR count). The van der Waals surface area contributed by atoms with Gasteiger partial charge >= 0.3 is 5.97 Å². The number of likely N-dealkylation sites (tertiary alicyclic amines) is 1. The molecule has 32 heavy (non-hydrogen) atoms. The minimum atomic E-state index is -0.867. The second kappa shape index (κ2) is 6.67. The molecule has 5 aliphatic carbocycles. The molecule has 0 aromatic heterocycles.